The lowest BCUT2D eigenvalue weighted by Crippen LogP contribution is -2.23. The van der Waals surface area contributed by atoms with Gasteiger partial charge in [-0.15, -0.1) is 0 Å². The number of benzene rings is 1. The number of nitrogens with one attached hydrogen (secondary N) is 2. The molecule has 0 saturated heterocycles. The van der Waals surface area contributed by atoms with Crippen LogP contribution < -0.4 is 10.9 Å². The predicted molar refractivity (Wildman–Crippen MR) is 69.0 cm³/mol. The maximum Gasteiger partial charge on any atom is 0.263 e. The molecule has 2 aromatic rings. The third-order valence-corrected chi connectivity index (χ3v) is 2.65. The van der Waals surface area contributed by atoms with Crippen LogP contribution in [-0.4, -0.2) is 15.9 Å². The van der Waals surface area contributed by atoms with E-state index < -0.39 is 11.5 Å². The van der Waals surface area contributed by atoms with Gasteiger partial charge in [0.2, 0.25) is 0 Å². The normalized spacial score (nSPS) is 10.1. The second-order valence-corrected chi connectivity index (χ2v) is 4.14. The molecule has 0 bridgehead atoms. The van der Waals surface area contributed by atoms with Crippen molar-refractivity contribution in [2.75, 3.05) is 5.32 Å². The quantitative estimate of drug-likeness (QED) is 0.870. The van der Waals surface area contributed by atoms with Crippen molar-refractivity contribution in [3.8, 4) is 0 Å². The lowest BCUT2D eigenvalue weighted by Gasteiger charge is -2.07. The Kier molecular flexibility index (Phi) is 3.43. The molecule has 18 heavy (non-hydrogen) atoms. The van der Waals surface area contributed by atoms with Gasteiger partial charge in [-0.1, -0.05) is 17.7 Å². The summed E-state index contributed by atoms with van der Waals surface area (Å²) in [6.07, 6.45) is 2.44. The molecule has 2 rings (SSSR count). The third kappa shape index (κ3) is 2.57. The van der Waals surface area contributed by atoms with Crippen LogP contribution in [0.25, 0.3) is 0 Å². The van der Waals surface area contributed by atoms with E-state index >= 15 is 0 Å². The van der Waals surface area contributed by atoms with E-state index in [1.165, 1.54) is 12.5 Å². The van der Waals surface area contributed by atoms with Crippen molar-refractivity contribution in [1.29, 1.82) is 0 Å². The summed E-state index contributed by atoms with van der Waals surface area (Å²) in [5.41, 5.74) is 0.892. The van der Waals surface area contributed by atoms with Crippen LogP contribution in [0, 0.1) is 6.92 Å². The van der Waals surface area contributed by atoms with E-state index in [9.17, 15) is 9.59 Å². The fourth-order valence-electron chi connectivity index (χ4n) is 1.42. The predicted octanol–water partition coefficient (Wildman–Crippen LogP) is 1.98. The zero-order valence-electron chi connectivity index (χ0n) is 9.53. The first-order valence-corrected chi connectivity index (χ1v) is 5.56. The molecule has 0 saturated carbocycles. The molecule has 6 heteroatoms. The maximum absolute atomic E-state index is 11.9. The number of H-pyrrole nitrogens is 1. The number of halogens is 1. The monoisotopic (exact) mass is 263 g/mol. The summed E-state index contributed by atoms with van der Waals surface area (Å²) in [5, 5.41) is 3.13. The van der Waals surface area contributed by atoms with Gasteiger partial charge in [-0.25, -0.2) is 4.98 Å². The number of carbonyl (C=O) groups excluding carboxylic acids is 1. The van der Waals surface area contributed by atoms with Crippen molar-refractivity contribution in [1.82, 2.24) is 9.97 Å². The number of nitrogens with zero attached hydrogens (tertiary/aromatic N) is 1. The van der Waals surface area contributed by atoms with Gasteiger partial charge in [0.1, 0.15) is 5.56 Å². The highest BCUT2D eigenvalue weighted by atomic mass is 35.5. The molecule has 0 atom stereocenters. The van der Waals surface area contributed by atoms with Crippen molar-refractivity contribution >= 4 is 23.2 Å². The van der Waals surface area contributed by atoms with Crippen molar-refractivity contribution in [2.45, 2.75) is 6.92 Å². The highest BCUT2D eigenvalue weighted by molar-refractivity contribution is 6.31. The highest BCUT2D eigenvalue weighted by Crippen LogP contribution is 2.20. The molecule has 5 nitrogen and oxygen atoms in total. The average molecular weight is 264 g/mol. The van der Waals surface area contributed by atoms with E-state index in [2.05, 4.69) is 15.3 Å². The first-order chi connectivity index (χ1) is 8.58. The van der Waals surface area contributed by atoms with Gasteiger partial charge in [0, 0.05) is 16.9 Å². The van der Waals surface area contributed by atoms with Gasteiger partial charge in [0.25, 0.3) is 11.5 Å². The van der Waals surface area contributed by atoms with Crippen molar-refractivity contribution in [3.05, 3.63) is 57.2 Å². The van der Waals surface area contributed by atoms with E-state index in [1.807, 2.05) is 6.92 Å². The molecular weight excluding hydrogens is 254 g/mol. The third-order valence-electron chi connectivity index (χ3n) is 2.41. The Morgan fingerprint density at radius 1 is 1.44 bits per heavy atom. The highest BCUT2D eigenvalue weighted by Gasteiger charge is 2.11. The second kappa shape index (κ2) is 5.01. The van der Waals surface area contributed by atoms with Crippen molar-refractivity contribution in [3.63, 3.8) is 0 Å². The SMILES string of the molecule is Cc1ccc(Cl)cc1NC(=O)c1cnc[nH]c1=O. The average Bonchev–Trinajstić information content (AvgIpc) is 2.34. The zero-order valence-corrected chi connectivity index (χ0v) is 10.3. The Bertz CT molecular complexity index is 652. The van der Waals surface area contributed by atoms with Crippen LogP contribution in [0.15, 0.2) is 35.5 Å². The summed E-state index contributed by atoms with van der Waals surface area (Å²) in [7, 11) is 0. The fraction of sp³-hybridized carbons (Fsp3) is 0.0833. The first-order valence-electron chi connectivity index (χ1n) is 5.18. The number of amides is 1. The summed E-state index contributed by atoms with van der Waals surface area (Å²) in [6.45, 7) is 1.83. The maximum atomic E-state index is 11.9. The van der Waals surface area contributed by atoms with E-state index in [1.54, 1.807) is 18.2 Å². The number of anilines is 1. The number of carbonyl (C=O) groups is 1. The Morgan fingerprint density at radius 2 is 2.22 bits per heavy atom. The number of hydrogen-bond donors (Lipinski definition) is 2. The minimum absolute atomic E-state index is 0.0446. The Morgan fingerprint density at radius 3 is 2.94 bits per heavy atom. The fourth-order valence-corrected chi connectivity index (χ4v) is 1.60. The number of aromatic amines is 1. The van der Waals surface area contributed by atoms with Crippen molar-refractivity contribution < 1.29 is 4.79 Å². The van der Waals surface area contributed by atoms with Crippen LogP contribution in [0.4, 0.5) is 5.69 Å². The molecule has 0 fully saturated rings. The zero-order chi connectivity index (χ0) is 13.1. The number of aryl methyl sites for hydroxylation is 1. The standard InChI is InChI=1S/C12H10ClN3O2/c1-7-2-3-8(13)4-10(7)16-12(18)9-5-14-6-15-11(9)17/h2-6H,1H3,(H,16,18)(H,14,15,17). The molecule has 0 spiro atoms. The van der Waals surface area contributed by atoms with E-state index in [0.29, 0.717) is 10.7 Å². The summed E-state index contributed by atoms with van der Waals surface area (Å²) in [6, 6.07) is 5.13. The van der Waals surface area contributed by atoms with E-state index in [4.69, 9.17) is 11.6 Å². The second-order valence-electron chi connectivity index (χ2n) is 3.71. The lowest BCUT2D eigenvalue weighted by molar-refractivity contribution is 0.102. The first kappa shape index (κ1) is 12.3. The van der Waals surface area contributed by atoms with Gasteiger partial charge in [-0.2, -0.15) is 0 Å². The molecule has 1 heterocycles. The molecule has 1 amide bonds. The van der Waals surface area contributed by atoms with Gasteiger partial charge in [-0.3, -0.25) is 9.59 Å². The summed E-state index contributed by atoms with van der Waals surface area (Å²) in [5.74, 6) is -0.519. The molecule has 92 valence electrons. The molecular formula is C12H10ClN3O2. The number of rotatable bonds is 2. The van der Waals surface area contributed by atoms with Gasteiger partial charge in [0.05, 0.1) is 6.33 Å². The molecule has 0 aliphatic rings. The molecule has 0 aliphatic heterocycles. The molecule has 0 unspecified atom stereocenters. The van der Waals surface area contributed by atoms with Crippen molar-refractivity contribution in [2.24, 2.45) is 0 Å². The van der Waals surface area contributed by atoms with Crippen LogP contribution in [0.2, 0.25) is 5.02 Å². The van der Waals surface area contributed by atoms with E-state index in [-0.39, 0.29) is 5.56 Å². The largest absolute Gasteiger partial charge is 0.321 e. The Balaban J connectivity index is 2.30. The van der Waals surface area contributed by atoms with Gasteiger partial charge >= 0.3 is 0 Å². The summed E-state index contributed by atoms with van der Waals surface area (Å²) in [4.78, 5) is 29.3. The molecule has 1 aromatic carbocycles. The molecule has 2 N–H and O–H groups in total. The minimum atomic E-state index is -0.519. The number of hydrogen-bond acceptors (Lipinski definition) is 3. The summed E-state index contributed by atoms with van der Waals surface area (Å²) < 4.78 is 0. The van der Waals surface area contributed by atoms with Gasteiger partial charge in [-0.05, 0) is 24.6 Å². The lowest BCUT2D eigenvalue weighted by atomic mass is 10.2. The Labute approximate surface area is 108 Å². The summed E-state index contributed by atoms with van der Waals surface area (Å²) >= 11 is 5.85. The molecule has 1 aromatic heterocycles. The molecule has 0 aliphatic carbocycles. The van der Waals surface area contributed by atoms with Gasteiger partial charge < -0.3 is 10.3 Å². The van der Waals surface area contributed by atoms with Crippen LogP contribution in [0.3, 0.4) is 0 Å². The van der Waals surface area contributed by atoms with Gasteiger partial charge in [0.15, 0.2) is 0 Å². The number of aromatic nitrogens is 2. The Hall–Kier alpha value is -2.14. The topological polar surface area (TPSA) is 74.8 Å². The smallest absolute Gasteiger partial charge is 0.263 e. The van der Waals surface area contributed by atoms with Crippen LogP contribution in [-0.2, 0) is 0 Å². The van der Waals surface area contributed by atoms with Crippen LogP contribution >= 0.6 is 11.6 Å². The van der Waals surface area contributed by atoms with Crippen LogP contribution in [0.1, 0.15) is 15.9 Å². The van der Waals surface area contributed by atoms with E-state index in [0.717, 1.165) is 5.56 Å². The van der Waals surface area contributed by atoms with Crippen LogP contribution in [0.5, 0.6) is 0 Å². The molecule has 0 radical (unpaired) electrons. The minimum Gasteiger partial charge on any atom is -0.321 e.